The zero-order valence-electron chi connectivity index (χ0n) is 15.4. The fourth-order valence-corrected chi connectivity index (χ4v) is 3.27. The Morgan fingerprint density at radius 1 is 1.03 bits per heavy atom. The summed E-state index contributed by atoms with van der Waals surface area (Å²) >= 11 is 0. The predicted octanol–water partition coefficient (Wildman–Crippen LogP) is 4.84. The van der Waals surface area contributed by atoms with Gasteiger partial charge < -0.3 is 10.1 Å². The minimum Gasteiger partial charge on any atom is -0.478 e. The zero-order valence-corrected chi connectivity index (χ0v) is 15.4. The lowest BCUT2D eigenvalue weighted by Crippen LogP contribution is -2.05. The van der Waals surface area contributed by atoms with Gasteiger partial charge in [-0.05, 0) is 53.1 Å². The van der Waals surface area contributed by atoms with Crippen molar-refractivity contribution in [2.24, 2.45) is 0 Å². The molecule has 2 aromatic heterocycles. The molecule has 30 heavy (non-hydrogen) atoms. The standard InChI is InChI=1S/C23H14F2N2O3/c24-15-5-6-19(25)17(11-15)22(30)18-12-27-23-21(18)16(8-9-26-23)14-3-1-2-13(10-14)4-7-20(28)29/h1-12H,(H,26,27)(H,28,29)/b7-4+. The molecule has 0 bridgehead atoms. The van der Waals surface area contributed by atoms with Crippen molar-refractivity contribution in [2.75, 3.05) is 0 Å². The van der Waals surface area contributed by atoms with Crippen molar-refractivity contribution >= 4 is 28.9 Å². The highest BCUT2D eigenvalue weighted by atomic mass is 19.1. The van der Waals surface area contributed by atoms with E-state index in [1.807, 2.05) is 0 Å². The van der Waals surface area contributed by atoms with Gasteiger partial charge in [0.25, 0.3) is 0 Å². The number of pyridine rings is 1. The van der Waals surface area contributed by atoms with Crippen LogP contribution in [0.1, 0.15) is 21.5 Å². The van der Waals surface area contributed by atoms with Crippen LogP contribution in [0.5, 0.6) is 0 Å². The second-order valence-corrected chi connectivity index (χ2v) is 6.53. The van der Waals surface area contributed by atoms with Gasteiger partial charge in [-0.2, -0.15) is 0 Å². The molecule has 7 heteroatoms. The third-order valence-electron chi connectivity index (χ3n) is 4.61. The summed E-state index contributed by atoms with van der Waals surface area (Å²) in [5, 5.41) is 9.29. The van der Waals surface area contributed by atoms with E-state index in [0.717, 1.165) is 24.3 Å². The van der Waals surface area contributed by atoms with Crippen LogP contribution in [0.25, 0.3) is 28.2 Å². The normalized spacial score (nSPS) is 11.3. The van der Waals surface area contributed by atoms with Gasteiger partial charge in [0, 0.05) is 23.9 Å². The molecular weight excluding hydrogens is 390 g/mol. The van der Waals surface area contributed by atoms with Crippen LogP contribution in [-0.4, -0.2) is 26.8 Å². The second kappa shape index (κ2) is 7.71. The van der Waals surface area contributed by atoms with Crippen molar-refractivity contribution in [1.82, 2.24) is 9.97 Å². The summed E-state index contributed by atoms with van der Waals surface area (Å²) in [7, 11) is 0. The summed E-state index contributed by atoms with van der Waals surface area (Å²) in [5.74, 6) is -3.27. The first kappa shape index (κ1) is 19.2. The number of hydrogen-bond donors (Lipinski definition) is 2. The van der Waals surface area contributed by atoms with Gasteiger partial charge in [0.1, 0.15) is 17.3 Å². The Balaban J connectivity index is 1.87. The molecule has 5 nitrogen and oxygen atoms in total. The number of aromatic amines is 1. The highest BCUT2D eigenvalue weighted by Crippen LogP contribution is 2.32. The summed E-state index contributed by atoms with van der Waals surface area (Å²) in [5.41, 5.74) is 2.21. The van der Waals surface area contributed by atoms with Crippen LogP contribution in [0, 0.1) is 11.6 Å². The molecule has 0 unspecified atom stereocenters. The van der Waals surface area contributed by atoms with Gasteiger partial charge in [0.15, 0.2) is 5.78 Å². The van der Waals surface area contributed by atoms with Gasteiger partial charge in [-0.3, -0.25) is 4.79 Å². The average molecular weight is 404 g/mol. The lowest BCUT2D eigenvalue weighted by molar-refractivity contribution is -0.131. The number of H-pyrrole nitrogens is 1. The molecule has 0 saturated carbocycles. The smallest absolute Gasteiger partial charge is 0.328 e. The Bertz CT molecular complexity index is 1330. The van der Waals surface area contributed by atoms with E-state index in [9.17, 15) is 18.4 Å². The summed E-state index contributed by atoms with van der Waals surface area (Å²) in [6, 6.07) is 11.5. The maximum Gasteiger partial charge on any atom is 0.328 e. The SMILES string of the molecule is O=C(O)/C=C/c1cccc(-c2ccnc3[nH]cc(C(=O)c4cc(F)ccc4F)c23)c1. The monoisotopic (exact) mass is 404 g/mol. The third-order valence-corrected chi connectivity index (χ3v) is 4.61. The molecule has 0 atom stereocenters. The van der Waals surface area contributed by atoms with Crippen molar-refractivity contribution in [1.29, 1.82) is 0 Å². The molecule has 0 saturated heterocycles. The highest BCUT2D eigenvalue weighted by Gasteiger charge is 2.21. The minimum atomic E-state index is -1.07. The molecule has 2 aromatic carbocycles. The number of carbonyl (C=O) groups is 2. The Morgan fingerprint density at radius 2 is 1.87 bits per heavy atom. The fourth-order valence-electron chi connectivity index (χ4n) is 3.27. The van der Waals surface area contributed by atoms with Crippen LogP contribution in [0.15, 0.2) is 67.0 Å². The van der Waals surface area contributed by atoms with Crippen molar-refractivity contribution in [3.63, 3.8) is 0 Å². The first-order chi connectivity index (χ1) is 14.4. The van der Waals surface area contributed by atoms with Crippen molar-refractivity contribution in [2.45, 2.75) is 0 Å². The number of rotatable bonds is 5. The van der Waals surface area contributed by atoms with Gasteiger partial charge in [0.05, 0.1) is 11.1 Å². The Kier molecular flexibility index (Phi) is 4.93. The second-order valence-electron chi connectivity index (χ2n) is 6.53. The van der Waals surface area contributed by atoms with E-state index in [4.69, 9.17) is 5.11 Å². The lowest BCUT2D eigenvalue weighted by Gasteiger charge is -2.08. The zero-order chi connectivity index (χ0) is 21.3. The van der Waals surface area contributed by atoms with Crippen LogP contribution in [0.3, 0.4) is 0 Å². The molecule has 0 radical (unpaired) electrons. The maximum atomic E-state index is 14.2. The van der Waals surface area contributed by atoms with Crippen molar-refractivity contribution in [3.8, 4) is 11.1 Å². The summed E-state index contributed by atoms with van der Waals surface area (Å²) in [4.78, 5) is 30.9. The number of aliphatic carboxylic acids is 1. The maximum absolute atomic E-state index is 14.2. The van der Waals surface area contributed by atoms with Gasteiger partial charge in [0.2, 0.25) is 0 Å². The van der Waals surface area contributed by atoms with Crippen molar-refractivity contribution < 1.29 is 23.5 Å². The number of ketones is 1. The van der Waals surface area contributed by atoms with E-state index in [-0.39, 0.29) is 11.1 Å². The molecule has 2 N–H and O–H groups in total. The molecule has 0 amide bonds. The molecule has 0 fully saturated rings. The third kappa shape index (κ3) is 3.60. The number of nitrogens with one attached hydrogen (secondary N) is 1. The van der Waals surface area contributed by atoms with Crippen LogP contribution >= 0.6 is 0 Å². The van der Waals surface area contributed by atoms with Crippen LogP contribution in [-0.2, 0) is 4.79 Å². The highest BCUT2D eigenvalue weighted by molar-refractivity contribution is 6.18. The molecule has 0 aliphatic rings. The van der Waals surface area contributed by atoms with E-state index in [1.165, 1.54) is 12.3 Å². The van der Waals surface area contributed by atoms with Gasteiger partial charge >= 0.3 is 5.97 Å². The Labute approximate surface area is 169 Å². The average Bonchev–Trinajstić information content (AvgIpc) is 3.18. The first-order valence-electron chi connectivity index (χ1n) is 8.91. The van der Waals surface area contributed by atoms with E-state index >= 15 is 0 Å². The predicted molar refractivity (Wildman–Crippen MR) is 108 cm³/mol. The molecule has 2 heterocycles. The Hall–Kier alpha value is -4.13. The van der Waals surface area contributed by atoms with Crippen molar-refractivity contribution in [3.05, 3.63) is 95.3 Å². The number of carbonyl (C=O) groups excluding carboxylic acids is 1. The molecule has 4 rings (SSSR count). The number of hydrogen-bond acceptors (Lipinski definition) is 3. The minimum absolute atomic E-state index is 0.157. The lowest BCUT2D eigenvalue weighted by atomic mass is 9.96. The van der Waals surface area contributed by atoms with Gasteiger partial charge in [-0.1, -0.05) is 18.2 Å². The van der Waals surface area contributed by atoms with E-state index < -0.39 is 23.4 Å². The summed E-state index contributed by atoms with van der Waals surface area (Å²) in [6.07, 6.45) is 5.46. The molecule has 148 valence electrons. The fraction of sp³-hybridized carbons (Fsp3) is 0. The van der Waals surface area contributed by atoms with E-state index in [2.05, 4.69) is 9.97 Å². The van der Waals surface area contributed by atoms with Crippen LogP contribution < -0.4 is 0 Å². The van der Waals surface area contributed by atoms with Gasteiger partial charge in [-0.25, -0.2) is 18.6 Å². The molecule has 4 aromatic rings. The number of aromatic nitrogens is 2. The molecule has 0 spiro atoms. The summed E-state index contributed by atoms with van der Waals surface area (Å²) in [6.45, 7) is 0. The van der Waals surface area contributed by atoms with Crippen LogP contribution in [0.4, 0.5) is 8.78 Å². The summed E-state index contributed by atoms with van der Waals surface area (Å²) < 4.78 is 27.8. The number of fused-ring (bicyclic) bond motifs is 1. The molecular formula is C23H14F2N2O3. The van der Waals surface area contributed by atoms with Crippen LogP contribution in [0.2, 0.25) is 0 Å². The largest absolute Gasteiger partial charge is 0.478 e. The van der Waals surface area contributed by atoms with E-state index in [0.29, 0.717) is 27.7 Å². The number of halogens is 2. The number of carboxylic acids is 1. The molecule has 0 aliphatic carbocycles. The van der Waals surface area contributed by atoms with E-state index in [1.54, 1.807) is 36.5 Å². The van der Waals surface area contributed by atoms with Gasteiger partial charge in [-0.15, -0.1) is 0 Å². The number of benzene rings is 2. The number of carboxylic acid groups (broad SMARTS) is 1. The first-order valence-corrected chi connectivity index (χ1v) is 8.91. The quantitative estimate of drug-likeness (QED) is 0.368. The topological polar surface area (TPSA) is 83.0 Å². The number of nitrogens with zero attached hydrogens (tertiary/aromatic N) is 1. The molecule has 0 aliphatic heterocycles. The Morgan fingerprint density at radius 3 is 2.67 bits per heavy atom.